The molecule has 0 amide bonds. The van der Waals surface area contributed by atoms with E-state index >= 15 is 0 Å². The van der Waals surface area contributed by atoms with Crippen LogP contribution in [0.25, 0.3) is 10.9 Å². The van der Waals surface area contributed by atoms with Crippen molar-refractivity contribution < 1.29 is 9.47 Å². The molecule has 0 saturated carbocycles. The monoisotopic (exact) mass is 432 g/mol. The van der Waals surface area contributed by atoms with Crippen LogP contribution in [0.15, 0.2) is 29.1 Å². The van der Waals surface area contributed by atoms with Crippen LogP contribution in [0.2, 0.25) is 0 Å². The first-order valence-corrected chi connectivity index (χ1v) is 10.9. The Kier molecular flexibility index (Phi) is 8.07. The highest BCUT2D eigenvalue weighted by atomic mass is 32.1. The number of benzene rings is 1. The highest BCUT2D eigenvalue weighted by Crippen LogP contribution is 2.20. The topological polar surface area (TPSA) is 69.8 Å². The Bertz CT molecular complexity index is 909. The lowest BCUT2D eigenvalue weighted by atomic mass is 10.1. The standard InChI is InChI=1S/C22H32N4O3S/c1-25(2)10-5-9-23-22(30)26(15-19-6-4-11-29-19)14-17-12-16-13-18(28-3)7-8-20(16)24-21(17)27/h7-8,12-13,19H,4-6,9-11,14-15H2,1-3H3,(H,23,30)(H,24,27)/t19-/m1/s1. The molecule has 2 heterocycles. The summed E-state index contributed by atoms with van der Waals surface area (Å²) in [5.74, 6) is 0.759. The number of ether oxygens (including phenoxy) is 2. The number of thiocarbonyl (C=S) groups is 1. The van der Waals surface area contributed by atoms with Gasteiger partial charge in [0.15, 0.2) is 5.11 Å². The summed E-state index contributed by atoms with van der Waals surface area (Å²) in [7, 11) is 5.75. The van der Waals surface area contributed by atoms with E-state index < -0.39 is 0 Å². The molecule has 0 aliphatic carbocycles. The molecule has 1 aliphatic heterocycles. The van der Waals surface area contributed by atoms with Crippen molar-refractivity contribution in [2.75, 3.05) is 47.4 Å². The maximum atomic E-state index is 12.7. The van der Waals surface area contributed by atoms with Crippen molar-refractivity contribution in [3.05, 3.63) is 40.2 Å². The highest BCUT2D eigenvalue weighted by Gasteiger charge is 2.22. The van der Waals surface area contributed by atoms with Gasteiger partial charge in [0.2, 0.25) is 0 Å². The Balaban J connectivity index is 1.76. The molecule has 1 saturated heterocycles. The van der Waals surface area contributed by atoms with Crippen LogP contribution >= 0.6 is 12.2 Å². The van der Waals surface area contributed by atoms with Crippen LogP contribution < -0.4 is 15.6 Å². The summed E-state index contributed by atoms with van der Waals surface area (Å²) < 4.78 is 11.1. The Morgan fingerprint density at radius 2 is 2.20 bits per heavy atom. The second-order valence-electron chi connectivity index (χ2n) is 7.98. The van der Waals surface area contributed by atoms with E-state index in [4.69, 9.17) is 21.7 Å². The van der Waals surface area contributed by atoms with Crippen molar-refractivity contribution >= 4 is 28.2 Å². The number of hydrogen-bond acceptors (Lipinski definition) is 5. The first-order chi connectivity index (χ1) is 14.5. The zero-order chi connectivity index (χ0) is 21.5. The molecule has 1 aromatic carbocycles. The number of aromatic nitrogens is 1. The molecule has 1 atom stereocenters. The number of nitrogens with one attached hydrogen (secondary N) is 2. The minimum absolute atomic E-state index is 0.0968. The van der Waals surface area contributed by atoms with Gasteiger partial charge in [-0.2, -0.15) is 0 Å². The summed E-state index contributed by atoms with van der Waals surface area (Å²) in [6.07, 6.45) is 3.23. The van der Waals surface area contributed by atoms with E-state index in [0.29, 0.717) is 23.8 Å². The van der Waals surface area contributed by atoms with Crippen LogP contribution in [0.5, 0.6) is 5.75 Å². The zero-order valence-electron chi connectivity index (χ0n) is 18.1. The Morgan fingerprint density at radius 1 is 1.37 bits per heavy atom. The van der Waals surface area contributed by atoms with Gasteiger partial charge in [-0.05, 0) is 76.4 Å². The highest BCUT2D eigenvalue weighted by molar-refractivity contribution is 7.80. The SMILES string of the molecule is COc1ccc2[nH]c(=O)c(CN(C[C@H]3CCCO3)C(=S)NCCCN(C)C)cc2c1. The van der Waals surface area contributed by atoms with E-state index in [1.54, 1.807) is 7.11 Å². The largest absolute Gasteiger partial charge is 0.497 e. The molecule has 0 bridgehead atoms. The average Bonchev–Trinajstić information content (AvgIpc) is 3.23. The van der Waals surface area contributed by atoms with Crippen molar-refractivity contribution in [2.45, 2.75) is 31.9 Å². The summed E-state index contributed by atoms with van der Waals surface area (Å²) >= 11 is 5.68. The van der Waals surface area contributed by atoms with Crippen LogP contribution in [0.1, 0.15) is 24.8 Å². The minimum atomic E-state index is -0.0968. The van der Waals surface area contributed by atoms with E-state index in [1.807, 2.05) is 24.3 Å². The fraction of sp³-hybridized carbons (Fsp3) is 0.545. The molecular weight excluding hydrogens is 400 g/mol. The van der Waals surface area contributed by atoms with Gasteiger partial charge in [-0.15, -0.1) is 0 Å². The number of fused-ring (bicyclic) bond motifs is 1. The summed E-state index contributed by atoms with van der Waals surface area (Å²) in [6, 6.07) is 7.56. The molecule has 30 heavy (non-hydrogen) atoms. The van der Waals surface area contributed by atoms with Crippen molar-refractivity contribution in [1.29, 1.82) is 0 Å². The number of nitrogens with zero attached hydrogens (tertiary/aromatic N) is 2. The number of H-pyrrole nitrogens is 1. The maximum Gasteiger partial charge on any atom is 0.253 e. The fourth-order valence-electron chi connectivity index (χ4n) is 3.64. The summed E-state index contributed by atoms with van der Waals surface area (Å²) in [5.41, 5.74) is 1.37. The first-order valence-electron chi connectivity index (χ1n) is 10.5. The van der Waals surface area contributed by atoms with E-state index in [0.717, 1.165) is 55.6 Å². The summed E-state index contributed by atoms with van der Waals surface area (Å²) in [6.45, 7) is 3.69. The molecular formula is C22H32N4O3S. The number of hydrogen-bond donors (Lipinski definition) is 2. The molecule has 3 rings (SSSR count). The van der Waals surface area contributed by atoms with Crippen LogP contribution in [0.4, 0.5) is 0 Å². The predicted octanol–water partition coefficient (Wildman–Crippen LogP) is 2.34. The summed E-state index contributed by atoms with van der Waals surface area (Å²) in [4.78, 5) is 19.9. The molecule has 164 valence electrons. The zero-order valence-corrected chi connectivity index (χ0v) is 18.9. The molecule has 1 fully saturated rings. The predicted molar refractivity (Wildman–Crippen MR) is 124 cm³/mol. The number of rotatable bonds is 9. The average molecular weight is 433 g/mol. The Labute approximate surface area is 183 Å². The van der Waals surface area contributed by atoms with Gasteiger partial charge < -0.3 is 29.6 Å². The van der Waals surface area contributed by atoms with Gasteiger partial charge in [-0.1, -0.05) is 0 Å². The van der Waals surface area contributed by atoms with Gasteiger partial charge in [-0.3, -0.25) is 4.79 Å². The van der Waals surface area contributed by atoms with E-state index in [2.05, 4.69) is 34.2 Å². The normalized spacial score (nSPS) is 16.2. The number of aromatic amines is 1. The number of pyridine rings is 1. The molecule has 1 aliphatic rings. The third-order valence-electron chi connectivity index (χ3n) is 5.28. The van der Waals surface area contributed by atoms with Gasteiger partial charge >= 0.3 is 0 Å². The quantitative estimate of drug-likeness (QED) is 0.466. The maximum absolute atomic E-state index is 12.7. The van der Waals surface area contributed by atoms with E-state index in [-0.39, 0.29) is 11.7 Å². The third-order valence-corrected chi connectivity index (χ3v) is 5.69. The lowest BCUT2D eigenvalue weighted by Crippen LogP contribution is -2.44. The molecule has 0 radical (unpaired) electrons. The van der Waals surface area contributed by atoms with Gasteiger partial charge in [-0.25, -0.2) is 0 Å². The van der Waals surface area contributed by atoms with Crippen molar-refractivity contribution in [3.8, 4) is 5.75 Å². The lowest BCUT2D eigenvalue weighted by Gasteiger charge is -2.28. The van der Waals surface area contributed by atoms with E-state index in [9.17, 15) is 4.79 Å². The molecule has 1 aromatic heterocycles. The first kappa shape index (κ1) is 22.5. The van der Waals surface area contributed by atoms with Gasteiger partial charge in [0.05, 0.1) is 19.8 Å². The molecule has 0 spiro atoms. The molecule has 2 aromatic rings. The van der Waals surface area contributed by atoms with Crippen molar-refractivity contribution in [2.24, 2.45) is 0 Å². The van der Waals surface area contributed by atoms with Crippen LogP contribution in [-0.2, 0) is 11.3 Å². The molecule has 2 N–H and O–H groups in total. The van der Waals surface area contributed by atoms with Crippen molar-refractivity contribution in [3.63, 3.8) is 0 Å². The second-order valence-corrected chi connectivity index (χ2v) is 8.37. The lowest BCUT2D eigenvalue weighted by molar-refractivity contribution is 0.0897. The smallest absolute Gasteiger partial charge is 0.253 e. The van der Waals surface area contributed by atoms with E-state index in [1.165, 1.54) is 0 Å². The van der Waals surface area contributed by atoms with Crippen LogP contribution in [-0.4, -0.2) is 73.4 Å². The van der Waals surface area contributed by atoms with Crippen molar-refractivity contribution in [1.82, 2.24) is 20.1 Å². The fourth-order valence-corrected chi connectivity index (χ4v) is 3.88. The molecule has 8 heteroatoms. The van der Waals surface area contributed by atoms with Crippen LogP contribution in [0.3, 0.4) is 0 Å². The Morgan fingerprint density at radius 3 is 2.90 bits per heavy atom. The van der Waals surface area contributed by atoms with Crippen LogP contribution in [0, 0.1) is 0 Å². The molecule has 0 unspecified atom stereocenters. The van der Waals surface area contributed by atoms with Gasteiger partial charge in [0.1, 0.15) is 5.75 Å². The number of methoxy groups -OCH3 is 1. The summed E-state index contributed by atoms with van der Waals surface area (Å²) in [5, 5.41) is 4.95. The van der Waals surface area contributed by atoms with Gasteiger partial charge in [0.25, 0.3) is 5.56 Å². The minimum Gasteiger partial charge on any atom is -0.497 e. The Hall–Kier alpha value is -2.16. The van der Waals surface area contributed by atoms with Gasteiger partial charge in [0, 0.05) is 36.2 Å². The third kappa shape index (κ3) is 6.17. The second kappa shape index (κ2) is 10.7. The molecule has 7 nitrogen and oxygen atoms in total.